The van der Waals surface area contributed by atoms with Gasteiger partial charge in [-0.15, -0.1) is 0 Å². The van der Waals surface area contributed by atoms with Gasteiger partial charge in [-0.2, -0.15) is 13.2 Å². The summed E-state index contributed by atoms with van der Waals surface area (Å²) < 4.78 is 44.1. The molecule has 0 spiro atoms. The summed E-state index contributed by atoms with van der Waals surface area (Å²) in [4.78, 5) is 35.7. The van der Waals surface area contributed by atoms with Gasteiger partial charge in [-0.3, -0.25) is 4.79 Å². The minimum atomic E-state index is -5.15. The van der Waals surface area contributed by atoms with Crippen molar-refractivity contribution in [3.05, 3.63) is 59.7 Å². The SMILES string of the molecule is CC(C)(C)C(CC(=O)NC(C(=O)O)C(F)(F)F)NC(=O)OCC1c2ccccc2-c2ccccc21. The van der Waals surface area contributed by atoms with E-state index in [-0.39, 0.29) is 12.5 Å². The summed E-state index contributed by atoms with van der Waals surface area (Å²) in [7, 11) is 0. The minimum Gasteiger partial charge on any atom is -0.479 e. The molecular weight excluding hydrogens is 465 g/mol. The third-order valence-corrected chi connectivity index (χ3v) is 5.95. The zero-order valence-corrected chi connectivity index (χ0v) is 19.5. The second-order valence-electron chi connectivity index (χ2n) is 9.47. The molecule has 0 fully saturated rings. The Morgan fingerprint density at radius 1 is 0.943 bits per heavy atom. The van der Waals surface area contributed by atoms with E-state index in [1.807, 2.05) is 48.5 Å². The van der Waals surface area contributed by atoms with Crippen LogP contribution in [0.15, 0.2) is 48.5 Å². The highest BCUT2D eigenvalue weighted by molar-refractivity contribution is 5.85. The van der Waals surface area contributed by atoms with E-state index in [1.165, 1.54) is 5.32 Å². The number of halogens is 3. The van der Waals surface area contributed by atoms with Gasteiger partial charge < -0.3 is 20.5 Å². The number of benzene rings is 2. The Bertz CT molecular complexity index is 1070. The van der Waals surface area contributed by atoms with Gasteiger partial charge in [0.2, 0.25) is 11.9 Å². The van der Waals surface area contributed by atoms with Crippen LogP contribution in [0.5, 0.6) is 0 Å². The highest BCUT2D eigenvalue weighted by Gasteiger charge is 2.46. The van der Waals surface area contributed by atoms with Crippen molar-refractivity contribution in [2.75, 3.05) is 6.61 Å². The smallest absolute Gasteiger partial charge is 0.419 e. The van der Waals surface area contributed by atoms with Crippen LogP contribution in [0.4, 0.5) is 18.0 Å². The number of hydrogen-bond donors (Lipinski definition) is 3. The van der Waals surface area contributed by atoms with E-state index in [9.17, 15) is 27.6 Å². The van der Waals surface area contributed by atoms with Crippen LogP contribution in [0.3, 0.4) is 0 Å². The number of alkyl halides is 3. The standard InChI is InChI=1S/C25H27F3N2O5/c1-24(2,3)19(12-20(31)30-21(22(32)33)25(26,27)28)29-23(34)35-13-18-16-10-6-4-8-14(16)15-9-5-7-11-17(15)18/h4-11,18-19,21H,12-13H2,1-3H3,(H,29,34)(H,30,31)(H,32,33). The lowest BCUT2D eigenvalue weighted by Gasteiger charge is -2.31. The van der Waals surface area contributed by atoms with Crippen LogP contribution in [-0.2, 0) is 14.3 Å². The summed E-state index contributed by atoms with van der Waals surface area (Å²) in [6.45, 7) is 5.09. The van der Waals surface area contributed by atoms with Gasteiger partial charge in [0.25, 0.3) is 0 Å². The Hall–Kier alpha value is -3.56. The van der Waals surface area contributed by atoms with Crippen molar-refractivity contribution >= 4 is 18.0 Å². The van der Waals surface area contributed by atoms with E-state index in [4.69, 9.17) is 9.84 Å². The molecule has 0 aliphatic heterocycles. The van der Waals surface area contributed by atoms with Gasteiger partial charge in [-0.25, -0.2) is 9.59 Å². The monoisotopic (exact) mass is 492 g/mol. The van der Waals surface area contributed by atoms with E-state index in [2.05, 4.69) is 5.32 Å². The number of carbonyl (C=O) groups is 3. The normalized spacial score (nSPS) is 14.9. The second kappa shape index (κ2) is 9.97. The van der Waals surface area contributed by atoms with Crippen molar-refractivity contribution in [3.63, 3.8) is 0 Å². The molecule has 2 aromatic rings. The summed E-state index contributed by atoms with van der Waals surface area (Å²) >= 11 is 0. The van der Waals surface area contributed by atoms with Gasteiger partial charge in [0.15, 0.2) is 0 Å². The first-order valence-corrected chi connectivity index (χ1v) is 11.0. The zero-order valence-electron chi connectivity index (χ0n) is 19.5. The van der Waals surface area contributed by atoms with Crippen LogP contribution >= 0.6 is 0 Å². The molecule has 2 amide bonds. The van der Waals surface area contributed by atoms with Crippen molar-refractivity contribution < 1.29 is 37.4 Å². The number of aliphatic carboxylic acids is 1. The molecule has 2 aromatic carbocycles. The Balaban J connectivity index is 1.66. The lowest BCUT2D eigenvalue weighted by molar-refractivity contribution is -0.182. The van der Waals surface area contributed by atoms with Gasteiger partial charge in [0.1, 0.15) is 6.61 Å². The predicted molar refractivity (Wildman–Crippen MR) is 122 cm³/mol. The van der Waals surface area contributed by atoms with E-state index in [0.29, 0.717) is 0 Å². The summed E-state index contributed by atoms with van der Waals surface area (Å²) in [5, 5.41) is 12.8. The van der Waals surface area contributed by atoms with Gasteiger partial charge in [0.05, 0.1) is 0 Å². The molecule has 3 rings (SSSR count). The Morgan fingerprint density at radius 2 is 1.46 bits per heavy atom. The third-order valence-electron chi connectivity index (χ3n) is 5.95. The molecule has 0 bridgehead atoms. The summed E-state index contributed by atoms with van der Waals surface area (Å²) in [5.74, 6) is -3.57. The Kier molecular flexibility index (Phi) is 7.42. The maximum absolute atomic E-state index is 12.9. The van der Waals surface area contributed by atoms with Crippen LogP contribution in [-0.4, -0.2) is 47.9 Å². The van der Waals surface area contributed by atoms with Crippen LogP contribution < -0.4 is 10.6 Å². The average molecular weight is 492 g/mol. The highest BCUT2D eigenvalue weighted by atomic mass is 19.4. The molecule has 35 heavy (non-hydrogen) atoms. The van der Waals surface area contributed by atoms with E-state index in [0.717, 1.165) is 22.3 Å². The molecule has 1 aliphatic rings. The number of carboxylic acids is 1. The van der Waals surface area contributed by atoms with Crippen molar-refractivity contribution in [3.8, 4) is 11.1 Å². The third kappa shape index (κ3) is 6.12. The number of ether oxygens (including phenoxy) is 1. The van der Waals surface area contributed by atoms with Gasteiger partial charge in [-0.05, 0) is 27.7 Å². The lowest BCUT2D eigenvalue weighted by Crippen LogP contribution is -2.53. The fourth-order valence-corrected chi connectivity index (χ4v) is 4.04. The topological polar surface area (TPSA) is 105 Å². The van der Waals surface area contributed by atoms with Gasteiger partial charge in [0, 0.05) is 18.4 Å². The molecule has 0 radical (unpaired) electrons. The molecule has 0 heterocycles. The number of fused-ring (bicyclic) bond motifs is 3. The maximum Gasteiger partial charge on any atom is 0.419 e. The van der Waals surface area contributed by atoms with Gasteiger partial charge >= 0.3 is 18.2 Å². The molecule has 3 N–H and O–H groups in total. The summed E-state index contributed by atoms with van der Waals surface area (Å²) in [6, 6.07) is 11.6. The largest absolute Gasteiger partial charge is 0.479 e. The van der Waals surface area contributed by atoms with E-state index >= 15 is 0 Å². The van der Waals surface area contributed by atoms with E-state index in [1.54, 1.807) is 20.8 Å². The molecule has 188 valence electrons. The Labute approximate surface area is 200 Å². The Morgan fingerprint density at radius 3 is 1.91 bits per heavy atom. The quantitative estimate of drug-likeness (QED) is 0.529. The van der Waals surface area contributed by atoms with Crippen molar-refractivity contribution in [1.82, 2.24) is 10.6 Å². The number of nitrogens with one attached hydrogen (secondary N) is 2. The molecule has 0 saturated carbocycles. The first kappa shape index (κ1) is 26.1. The van der Waals surface area contributed by atoms with Gasteiger partial charge in [-0.1, -0.05) is 69.3 Å². The molecular formula is C25H27F3N2O5. The second-order valence-corrected chi connectivity index (χ2v) is 9.47. The summed E-state index contributed by atoms with van der Waals surface area (Å²) in [6.07, 6.45) is -6.54. The maximum atomic E-state index is 12.9. The first-order chi connectivity index (χ1) is 16.3. The van der Waals surface area contributed by atoms with Crippen LogP contribution in [0.25, 0.3) is 11.1 Å². The average Bonchev–Trinajstić information content (AvgIpc) is 3.08. The number of alkyl carbamates (subject to hydrolysis) is 1. The molecule has 1 aliphatic carbocycles. The molecule has 0 aromatic heterocycles. The minimum absolute atomic E-state index is 0.0259. The number of carbonyl (C=O) groups excluding carboxylic acids is 2. The van der Waals surface area contributed by atoms with Crippen molar-refractivity contribution in [1.29, 1.82) is 0 Å². The first-order valence-electron chi connectivity index (χ1n) is 11.0. The van der Waals surface area contributed by atoms with E-state index < -0.39 is 48.1 Å². The molecule has 0 saturated heterocycles. The number of hydrogen-bond acceptors (Lipinski definition) is 4. The summed E-state index contributed by atoms with van der Waals surface area (Å²) in [5.41, 5.74) is 3.40. The highest BCUT2D eigenvalue weighted by Crippen LogP contribution is 2.44. The fraction of sp³-hybridized carbons (Fsp3) is 0.400. The van der Waals surface area contributed by atoms with Crippen LogP contribution in [0, 0.1) is 5.41 Å². The van der Waals surface area contributed by atoms with Crippen molar-refractivity contribution in [2.45, 2.75) is 51.4 Å². The van der Waals surface area contributed by atoms with Crippen LogP contribution in [0.1, 0.15) is 44.2 Å². The molecule has 7 nitrogen and oxygen atoms in total. The molecule has 10 heteroatoms. The molecule has 2 atom stereocenters. The van der Waals surface area contributed by atoms with Crippen LogP contribution in [0.2, 0.25) is 0 Å². The number of rotatable bonds is 7. The molecule has 2 unspecified atom stereocenters. The zero-order chi connectivity index (χ0) is 26.0. The number of amides is 2. The fourth-order valence-electron chi connectivity index (χ4n) is 4.04. The number of carboxylic acid groups (broad SMARTS) is 1. The van der Waals surface area contributed by atoms with Crippen molar-refractivity contribution in [2.24, 2.45) is 5.41 Å². The predicted octanol–water partition coefficient (Wildman–Crippen LogP) is 4.46. The lowest BCUT2D eigenvalue weighted by atomic mass is 9.84.